The number of aromatic nitrogens is 12. The minimum absolute atomic E-state index is 0. The summed E-state index contributed by atoms with van der Waals surface area (Å²) in [5.41, 5.74) is 7.15. The molecule has 0 bridgehead atoms. The molecule has 0 spiro atoms. The van der Waals surface area contributed by atoms with E-state index in [-0.39, 0.29) is 56.1 Å². The molecule has 6 aromatic heterocycles. The fourth-order valence-corrected chi connectivity index (χ4v) is 6.34. The number of nitrogens with zero attached hydrogens (tertiary/aromatic N) is 13. The molecular formula is C56H66ClN17O6. The van der Waals surface area contributed by atoms with Gasteiger partial charge in [-0.1, -0.05) is 77.7 Å². The summed E-state index contributed by atoms with van der Waals surface area (Å²) in [5.74, 6) is 2.51. The monoisotopic (exact) mass is 1110 g/mol. The Balaban J connectivity index is 0.000000385. The Hall–Kier alpha value is -9.57. The Bertz CT molecular complexity index is 3380. The van der Waals surface area contributed by atoms with Crippen molar-refractivity contribution in [3.8, 4) is 40.2 Å². The standard InChI is InChI=1S/C17H16N6O3.C16H12N6O.C15H12ClN5O.C4H10O.4CH4/c24-9-11-2-1-3-13(6-11)22-16-21-10-20-15(23-16)12-4-5-18-14(7-12)8-19-17(25)26;17-8-14-7-12(4-5-18-14)15-19-10-20-16(22-15)21-13-3-1-2-11(6-13)9-23;16-13-7-11(4-5-17-13)14-18-9-19-15(21-14)20-12-3-1-2-10(6-12)8-22;1-4(2,3)5;;;;/h1-7,10,19,24H,8-9H2,(H,25,26)(H,20,21,22,23);1-7,10,23H,9H2,(H,19,20,21,22);1-7,9,22H,8H2,(H,18,19,20,21);5H,1-3H3;4*1H4. The van der Waals surface area contributed by atoms with E-state index in [0.29, 0.717) is 63.0 Å². The van der Waals surface area contributed by atoms with Crippen LogP contribution in [-0.2, 0) is 26.4 Å². The van der Waals surface area contributed by atoms with Crippen LogP contribution in [0, 0.1) is 11.3 Å². The predicted octanol–water partition coefficient (Wildman–Crippen LogP) is 10.1. The Labute approximate surface area is 470 Å². The number of halogens is 1. The number of nitriles is 1. The van der Waals surface area contributed by atoms with Crippen LogP contribution in [0.5, 0.6) is 0 Å². The van der Waals surface area contributed by atoms with Crippen molar-refractivity contribution in [1.82, 2.24) is 65.1 Å². The van der Waals surface area contributed by atoms with Gasteiger partial charge in [0.1, 0.15) is 35.9 Å². The quantitative estimate of drug-likeness (QED) is 0.0457. The molecule has 0 aliphatic rings. The van der Waals surface area contributed by atoms with E-state index in [1.54, 1.807) is 75.6 Å². The molecule has 0 fully saturated rings. The lowest BCUT2D eigenvalue weighted by atomic mass is 10.2. The molecule has 23 nitrogen and oxygen atoms in total. The first kappa shape index (κ1) is 66.5. The van der Waals surface area contributed by atoms with E-state index < -0.39 is 11.7 Å². The fraction of sp³-hybridized carbons (Fsp3) is 0.214. The average Bonchev–Trinajstić information content (AvgIpc) is 3.43. The average molecular weight is 1110 g/mol. The number of aliphatic hydroxyl groups excluding tert-OH is 3. The molecule has 0 aliphatic carbocycles. The van der Waals surface area contributed by atoms with E-state index in [1.807, 2.05) is 72.8 Å². The zero-order valence-electron chi connectivity index (χ0n) is 41.0. The summed E-state index contributed by atoms with van der Waals surface area (Å²) in [6.07, 6.45) is 7.79. The molecule has 9 aromatic rings. The van der Waals surface area contributed by atoms with E-state index >= 15 is 0 Å². The first-order valence-corrected chi connectivity index (χ1v) is 23.1. The number of hydrogen-bond donors (Lipinski definition) is 9. The van der Waals surface area contributed by atoms with Crippen molar-refractivity contribution in [2.24, 2.45) is 0 Å². The van der Waals surface area contributed by atoms with Crippen molar-refractivity contribution in [3.63, 3.8) is 0 Å². The lowest BCUT2D eigenvalue weighted by Crippen LogP contribution is -2.20. The number of rotatable bonds is 14. The minimum atomic E-state index is -1.12. The number of anilines is 6. The summed E-state index contributed by atoms with van der Waals surface area (Å²) in [6.45, 7) is 5.21. The third-order valence-corrected chi connectivity index (χ3v) is 9.63. The van der Waals surface area contributed by atoms with Gasteiger partial charge < -0.3 is 46.8 Å². The Morgan fingerprint density at radius 2 is 0.912 bits per heavy atom. The van der Waals surface area contributed by atoms with Gasteiger partial charge in [-0.15, -0.1) is 0 Å². The second-order valence-corrected chi connectivity index (χ2v) is 17.0. The molecule has 0 saturated carbocycles. The van der Waals surface area contributed by atoms with Crippen molar-refractivity contribution in [1.29, 1.82) is 5.26 Å². The van der Waals surface area contributed by atoms with E-state index in [9.17, 15) is 9.90 Å². The van der Waals surface area contributed by atoms with Gasteiger partial charge in [-0.25, -0.2) is 44.7 Å². The van der Waals surface area contributed by atoms with Gasteiger partial charge in [0, 0.05) is 52.3 Å². The van der Waals surface area contributed by atoms with Crippen molar-refractivity contribution in [2.45, 2.75) is 82.4 Å². The molecule has 3 aromatic carbocycles. The molecule has 1 amide bonds. The molecule has 80 heavy (non-hydrogen) atoms. The topological polar surface area (TPSA) is 345 Å². The molecule has 24 heteroatoms. The fourth-order valence-electron chi connectivity index (χ4n) is 6.17. The first-order chi connectivity index (χ1) is 36.7. The van der Waals surface area contributed by atoms with E-state index in [0.717, 1.165) is 39.3 Å². The molecule has 0 unspecified atom stereocenters. The van der Waals surface area contributed by atoms with Crippen LogP contribution in [0.3, 0.4) is 0 Å². The maximum atomic E-state index is 10.6. The highest BCUT2D eigenvalue weighted by molar-refractivity contribution is 6.29. The lowest BCUT2D eigenvalue weighted by molar-refractivity contribution is 0.102. The second-order valence-electron chi connectivity index (χ2n) is 16.6. The van der Waals surface area contributed by atoms with Crippen molar-refractivity contribution < 1.29 is 30.3 Å². The SMILES string of the molecule is C.C.C.C.CC(C)(C)O.N#Cc1cc(-c2ncnc(Nc3cccc(CO)c3)n2)ccn1.O=C(O)NCc1cc(-c2ncnc(Nc3cccc(CO)c3)n2)ccn1.OCc1cccc(Nc2ncnc(-c3ccnc(Cl)c3)n2)c1. The van der Waals surface area contributed by atoms with Crippen LogP contribution in [0.4, 0.5) is 39.7 Å². The maximum absolute atomic E-state index is 10.6. The van der Waals surface area contributed by atoms with E-state index in [4.69, 9.17) is 37.3 Å². The number of amides is 1. The zero-order valence-corrected chi connectivity index (χ0v) is 41.8. The molecule has 9 N–H and O–H groups in total. The Kier molecular flexibility index (Phi) is 27.9. The van der Waals surface area contributed by atoms with Gasteiger partial charge in [0.2, 0.25) is 17.8 Å². The Morgan fingerprint density at radius 1 is 0.537 bits per heavy atom. The summed E-state index contributed by atoms with van der Waals surface area (Å²) in [4.78, 5) is 60.3. The van der Waals surface area contributed by atoms with Gasteiger partial charge in [-0.2, -0.15) is 20.2 Å². The molecule has 0 atom stereocenters. The number of pyridine rings is 3. The number of aliphatic hydroxyl groups is 4. The summed E-state index contributed by atoms with van der Waals surface area (Å²) < 4.78 is 0. The normalized spacial score (nSPS) is 9.89. The van der Waals surface area contributed by atoms with Crippen LogP contribution >= 0.6 is 11.6 Å². The maximum Gasteiger partial charge on any atom is 0.404 e. The molecule has 0 radical (unpaired) electrons. The first-order valence-electron chi connectivity index (χ1n) is 22.8. The van der Waals surface area contributed by atoms with Crippen LogP contribution in [0.1, 0.15) is 78.6 Å². The number of nitrogens with one attached hydrogen (secondary N) is 4. The predicted molar refractivity (Wildman–Crippen MR) is 310 cm³/mol. The van der Waals surface area contributed by atoms with Crippen LogP contribution < -0.4 is 21.3 Å². The summed E-state index contributed by atoms with van der Waals surface area (Å²) in [6, 6.07) is 34.2. The number of benzene rings is 3. The number of carboxylic acid groups (broad SMARTS) is 1. The van der Waals surface area contributed by atoms with Gasteiger partial charge >= 0.3 is 6.09 Å². The highest BCUT2D eigenvalue weighted by Gasteiger charge is 2.10. The van der Waals surface area contributed by atoms with Gasteiger partial charge in [-0.3, -0.25) is 4.98 Å². The third-order valence-electron chi connectivity index (χ3n) is 9.43. The third kappa shape index (κ3) is 22.6. The van der Waals surface area contributed by atoms with Gasteiger partial charge in [0.15, 0.2) is 17.5 Å². The van der Waals surface area contributed by atoms with Crippen molar-refractivity contribution in [2.75, 3.05) is 16.0 Å². The van der Waals surface area contributed by atoms with E-state index in [2.05, 4.69) is 81.1 Å². The smallest absolute Gasteiger partial charge is 0.404 e. The molecule has 6 heterocycles. The highest BCUT2D eigenvalue weighted by Crippen LogP contribution is 2.23. The van der Waals surface area contributed by atoms with Gasteiger partial charge in [0.05, 0.1) is 37.7 Å². The van der Waals surface area contributed by atoms with Crippen molar-refractivity contribution >= 4 is 52.6 Å². The molecular weight excluding hydrogens is 1040 g/mol. The number of carbonyl (C=O) groups is 1. The Morgan fingerprint density at radius 3 is 1.29 bits per heavy atom. The molecule has 0 aliphatic heterocycles. The summed E-state index contributed by atoms with van der Waals surface area (Å²) in [5, 5.41) is 65.5. The summed E-state index contributed by atoms with van der Waals surface area (Å²) >= 11 is 5.88. The van der Waals surface area contributed by atoms with Crippen molar-refractivity contribution in [3.05, 3.63) is 180 Å². The van der Waals surface area contributed by atoms with E-state index in [1.165, 1.54) is 25.2 Å². The summed E-state index contributed by atoms with van der Waals surface area (Å²) in [7, 11) is 0. The molecule has 418 valence electrons. The van der Waals surface area contributed by atoms with Crippen LogP contribution in [0.15, 0.2) is 147 Å². The molecule has 9 rings (SSSR count). The second kappa shape index (κ2) is 33.6. The van der Waals surface area contributed by atoms with Crippen LogP contribution in [0.25, 0.3) is 34.2 Å². The largest absolute Gasteiger partial charge is 0.465 e. The minimum Gasteiger partial charge on any atom is -0.465 e. The van der Waals surface area contributed by atoms with Gasteiger partial charge in [-0.05, 0) is 110 Å². The highest BCUT2D eigenvalue weighted by atomic mass is 35.5. The molecule has 0 saturated heterocycles. The lowest BCUT2D eigenvalue weighted by Gasteiger charge is -2.08. The van der Waals surface area contributed by atoms with Crippen LogP contribution in [-0.4, -0.2) is 97.0 Å². The zero-order chi connectivity index (χ0) is 54.3. The number of hydrogen-bond acceptors (Lipinski definition) is 21. The van der Waals surface area contributed by atoms with Gasteiger partial charge in [0.25, 0.3) is 0 Å². The van der Waals surface area contributed by atoms with Crippen LogP contribution in [0.2, 0.25) is 5.15 Å².